The van der Waals surface area contributed by atoms with Crippen molar-refractivity contribution in [2.75, 3.05) is 43.6 Å². The van der Waals surface area contributed by atoms with Gasteiger partial charge in [0, 0.05) is 35.9 Å². The van der Waals surface area contributed by atoms with Crippen molar-refractivity contribution >= 4 is 28.2 Å². The Hall–Kier alpha value is -2.93. The summed E-state index contributed by atoms with van der Waals surface area (Å²) in [6.45, 7) is 2.64. The van der Waals surface area contributed by atoms with Gasteiger partial charge in [0.2, 0.25) is 5.95 Å². The monoisotopic (exact) mass is 422 g/mol. The smallest absolute Gasteiger partial charge is 0.227 e. The Bertz CT molecular complexity index is 1080. The molecule has 2 heterocycles. The number of nitrogens with one attached hydrogen (secondary N) is 1. The highest BCUT2D eigenvalue weighted by atomic mass is 19.1. The van der Waals surface area contributed by atoms with E-state index in [2.05, 4.69) is 10.3 Å². The third-order valence-electron chi connectivity index (χ3n) is 6.29. The van der Waals surface area contributed by atoms with Crippen molar-refractivity contribution in [1.82, 2.24) is 9.97 Å². The summed E-state index contributed by atoms with van der Waals surface area (Å²) in [7, 11) is 1.71. The van der Waals surface area contributed by atoms with Crippen molar-refractivity contribution in [3.63, 3.8) is 0 Å². The number of anilines is 3. The zero-order chi connectivity index (χ0) is 21.2. The minimum atomic E-state index is -0.263. The molecular formula is C24H27FN4O2. The van der Waals surface area contributed by atoms with Gasteiger partial charge in [0.05, 0.1) is 31.5 Å². The standard InChI is InChI=1S/C24H27FN4O2/c1-30-21-9-6-17-15-26-24(28-23(17)22(21)16-4-2-3-5-16)27-18-7-8-20(19(25)14-18)29-10-12-31-13-11-29/h6-9,14-16H,2-5,10-13H2,1H3,(H,26,27,28). The maximum Gasteiger partial charge on any atom is 0.227 e. The molecule has 1 aliphatic carbocycles. The number of fused-ring (bicyclic) bond motifs is 1. The third kappa shape index (κ3) is 4.02. The van der Waals surface area contributed by atoms with Crippen LogP contribution in [-0.4, -0.2) is 43.4 Å². The lowest BCUT2D eigenvalue weighted by Gasteiger charge is -2.29. The van der Waals surface area contributed by atoms with Crippen LogP contribution in [-0.2, 0) is 4.74 Å². The first-order chi connectivity index (χ1) is 15.2. The van der Waals surface area contributed by atoms with Gasteiger partial charge < -0.3 is 19.7 Å². The normalized spacial score (nSPS) is 17.3. The molecule has 0 unspecified atom stereocenters. The van der Waals surface area contributed by atoms with Gasteiger partial charge in [0.15, 0.2) is 0 Å². The second-order valence-corrected chi connectivity index (χ2v) is 8.18. The van der Waals surface area contributed by atoms with Crippen molar-refractivity contribution in [2.24, 2.45) is 0 Å². The number of hydrogen-bond acceptors (Lipinski definition) is 6. The number of methoxy groups -OCH3 is 1. The number of morpholine rings is 1. The fraction of sp³-hybridized carbons (Fsp3) is 0.417. The van der Waals surface area contributed by atoms with Crippen molar-refractivity contribution in [3.05, 3.63) is 47.9 Å². The van der Waals surface area contributed by atoms with Crippen LogP contribution in [0.5, 0.6) is 5.75 Å². The van der Waals surface area contributed by atoms with E-state index < -0.39 is 0 Å². The summed E-state index contributed by atoms with van der Waals surface area (Å²) in [6.07, 6.45) is 6.58. The molecule has 1 aliphatic heterocycles. The average molecular weight is 423 g/mol. The Labute approximate surface area is 181 Å². The Morgan fingerprint density at radius 1 is 1.13 bits per heavy atom. The molecule has 2 aliphatic rings. The van der Waals surface area contributed by atoms with Gasteiger partial charge in [0.1, 0.15) is 11.6 Å². The van der Waals surface area contributed by atoms with Gasteiger partial charge in [-0.2, -0.15) is 0 Å². The number of nitrogens with zero attached hydrogens (tertiary/aromatic N) is 3. The Kier molecular flexibility index (Phi) is 5.59. The van der Waals surface area contributed by atoms with E-state index in [0.717, 1.165) is 35.1 Å². The molecule has 31 heavy (non-hydrogen) atoms. The van der Waals surface area contributed by atoms with Gasteiger partial charge in [-0.25, -0.2) is 14.4 Å². The number of rotatable bonds is 5. The van der Waals surface area contributed by atoms with Crippen LogP contribution in [0.15, 0.2) is 36.5 Å². The molecule has 0 bridgehead atoms. The van der Waals surface area contributed by atoms with Crippen molar-refractivity contribution in [2.45, 2.75) is 31.6 Å². The number of aromatic nitrogens is 2. The molecule has 1 aromatic heterocycles. The highest BCUT2D eigenvalue weighted by Gasteiger charge is 2.24. The lowest BCUT2D eigenvalue weighted by Crippen LogP contribution is -2.36. The maximum atomic E-state index is 14.8. The second-order valence-electron chi connectivity index (χ2n) is 8.18. The molecule has 0 spiro atoms. The van der Waals surface area contributed by atoms with Crippen LogP contribution < -0.4 is 15.0 Å². The van der Waals surface area contributed by atoms with Crippen molar-refractivity contribution in [1.29, 1.82) is 0 Å². The first-order valence-corrected chi connectivity index (χ1v) is 11.0. The minimum absolute atomic E-state index is 0.263. The Balaban J connectivity index is 1.45. The van der Waals surface area contributed by atoms with E-state index in [1.807, 2.05) is 29.3 Å². The number of ether oxygens (including phenoxy) is 2. The number of halogens is 1. The van der Waals surface area contributed by atoms with Gasteiger partial charge in [-0.15, -0.1) is 0 Å². The van der Waals surface area contributed by atoms with Crippen LogP contribution >= 0.6 is 0 Å². The molecule has 1 N–H and O–H groups in total. The van der Waals surface area contributed by atoms with Crippen LogP contribution in [0, 0.1) is 5.82 Å². The van der Waals surface area contributed by atoms with Crippen molar-refractivity contribution in [3.8, 4) is 5.75 Å². The molecule has 2 aromatic carbocycles. The predicted octanol–water partition coefficient (Wildman–Crippen LogP) is 5.02. The van der Waals surface area contributed by atoms with Gasteiger partial charge in [0.25, 0.3) is 0 Å². The van der Waals surface area contributed by atoms with E-state index in [1.54, 1.807) is 13.2 Å². The molecule has 1 saturated carbocycles. The average Bonchev–Trinajstić information content (AvgIpc) is 3.33. The first kappa shape index (κ1) is 20.0. The van der Waals surface area contributed by atoms with E-state index in [1.165, 1.54) is 18.9 Å². The van der Waals surface area contributed by atoms with E-state index in [4.69, 9.17) is 14.5 Å². The highest BCUT2D eigenvalue weighted by molar-refractivity contribution is 5.85. The lowest BCUT2D eigenvalue weighted by molar-refractivity contribution is 0.122. The maximum absolute atomic E-state index is 14.8. The quantitative estimate of drug-likeness (QED) is 0.623. The molecular weight excluding hydrogens is 395 g/mol. The second kappa shape index (κ2) is 8.67. The van der Waals surface area contributed by atoms with Gasteiger partial charge in [-0.3, -0.25) is 0 Å². The van der Waals surface area contributed by atoms with E-state index in [9.17, 15) is 4.39 Å². The highest BCUT2D eigenvalue weighted by Crippen LogP contribution is 2.42. The van der Waals surface area contributed by atoms with Gasteiger partial charge in [-0.05, 0) is 49.1 Å². The molecule has 3 aromatic rings. The Morgan fingerprint density at radius 2 is 1.94 bits per heavy atom. The molecule has 2 fully saturated rings. The van der Waals surface area contributed by atoms with Crippen LogP contribution in [0.2, 0.25) is 0 Å². The largest absolute Gasteiger partial charge is 0.496 e. The molecule has 162 valence electrons. The topological polar surface area (TPSA) is 59.5 Å². The number of hydrogen-bond donors (Lipinski definition) is 1. The zero-order valence-electron chi connectivity index (χ0n) is 17.7. The van der Waals surface area contributed by atoms with Crippen molar-refractivity contribution < 1.29 is 13.9 Å². The molecule has 6 nitrogen and oxygen atoms in total. The Morgan fingerprint density at radius 3 is 2.68 bits per heavy atom. The summed E-state index contributed by atoms with van der Waals surface area (Å²) >= 11 is 0. The zero-order valence-corrected chi connectivity index (χ0v) is 17.7. The number of benzene rings is 2. The minimum Gasteiger partial charge on any atom is -0.496 e. The van der Waals surface area contributed by atoms with Gasteiger partial charge >= 0.3 is 0 Å². The van der Waals surface area contributed by atoms with Crippen LogP contribution in [0.3, 0.4) is 0 Å². The summed E-state index contributed by atoms with van der Waals surface area (Å²) < 4.78 is 25.8. The summed E-state index contributed by atoms with van der Waals surface area (Å²) in [5.41, 5.74) is 3.30. The molecule has 0 atom stereocenters. The molecule has 7 heteroatoms. The predicted molar refractivity (Wildman–Crippen MR) is 120 cm³/mol. The van der Waals surface area contributed by atoms with E-state index in [-0.39, 0.29) is 5.82 Å². The molecule has 5 rings (SSSR count). The first-order valence-electron chi connectivity index (χ1n) is 11.0. The van der Waals surface area contributed by atoms with E-state index in [0.29, 0.717) is 49.5 Å². The molecule has 0 amide bonds. The fourth-order valence-corrected chi connectivity index (χ4v) is 4.72. The fourth-order valence-electron chi connectivity index (χ4n) is 4.72. The summed E-state index contributed by atoms with van der Waals surface area (Å²) in [4.78, 5) is 11.3. The summed E-state index contributed by atoms with van der Waals surface area (Å²) in [5.74, 6) is 1.52. The van der Waals surface area contributed by atoms with E-state index >= 15 is 0 Å². The SMILES string of the molecule is COc1ccc2cnc(Nc3ccc(N4CCOCC4)c(F)c3)nc2c1C1CCCC1. The summed E-state index contributed by atoms with van der Waals surface area (Å²) in [6, 6.07) is 9.17. The van der Waals surface area contributed by atoms with Crippen LogP contribution in [0.1, 0.15) is 37.2 Å². The lowest BCUT2D eigenvalue weighted by atomic mass is 9.94. The molecule has 1 saturated heterocycles. The van der Waals surface area contributed by atoms with Crippen LogP contribution in [0.4, 0.5) is 21.7 Å². The molecule has 0 radical (unpaired) electrons. The van der Waals surface area contributed by atoms with Crippen LogP contribution in [0.25, 0.3) is 10.9 Å². The summed E-state index contributed by atoms with van der Waals surface area (Å²) in [5, 5.41) is 4.16. The third-order valence-corrected chi connectivity index (χ3v) is 6.29. The van der Waals surface area contributed by atoms with Gasteiger partial charge in [-0.1, -0.05) is 12.8 Å².